The number of rotatable bonds is 3. The van der Waals surface area contributed by atoms with Gasteiger partial charge in [0.15, 0.2) is 0 Å². The van der Waals surface area contributed by atoms with Gasteiger partial charge in [-0.25, -0.2) is 9.97 Å². The van der Waals surface area contributed by atoms with Crippen molar-refractivity contribution in [2.24, 2.45) is 0 Å². The summed E-state index contributed by atoms with van der Waals surface area (Å²) >= 11 is 0. The van der Waals surface area contributed by atoms with E-state index in [1.54, 1.807) is 6.20 Å². The summed E-state index contributed by atoms with van der Waals surface area (Å²) in [6.07, 6.45) is 1.78. The predicted molar refractivity (Wildman–Crippen MR) is 81.5 cm³/mol. The van der Waals surface area contributed by atoms with Crippen molar-refractivity contribution in [2.75, 3.05) is 18.0 Å². The zero-order valence-corrected chi connectivity index (χ0v) is 12.2. The molecule has 1 aliphatic heterocycles. The molecular formula is C16H15N5O. The lowest BCUT2D eigenvalue weighted by molar-refractivity contribution is 0.327. The van der Waals surface area contributed by atoms with E-state index in [9.17, 15) is 0 Å². The number of benzene rings is 1. The molecule has 0 amide bonds. The fraction of sp³-hybridized carbons (Fsp3) is 0.250. The van der Waals surface area contributed by atoms with Gasteiger partial charge in [0.1, 0.15) is 0 Å². The predicted octanol–water partition coefficient (Wildman–Crippen LogP) is 2.44. The third-order valence-corrected chi connectivity index (χ3v) is 3.77. The van der Waals surface area contributed by atoms with Crippen molar-refractivity contribution in [3.8, 4) is 11.4 Å². The van der Waals surface area contributed by atoms with Gasteiger partial charge in [-0.1, -0.05) is 35.5 Å². The molecule has 1 aliphatic rings. The molecule has 6 heteroatoms. The lowest BCUT2D eigenvalue weighted by Crippen LogP contribution is -2.46. The Bertz CT molecular complexity index is 780. The third-order valence-electron chi connectivity index (χ3n) is 3.77. The van der Waals surface area contributed by atoms with Gasteiger partial charge in [0.2, 0.25) is 17.7 Å². The highest BCUT2D eigenvalue weighted by Gasteiger charge is 2.34. The van der Waals surface area contributed by atoms with Gasteiger partial charge >= 0.3 is 0 Å². The lowest BCUT2D eigenvalue weighted by atomic mass is 10.0. The monoisotopic (exact) mass is 293 g/mol. The van der Waals surface area contributed by atoms with Crippen molar-refractivity contribution in [3.63, 3.8) is 0 Å². The Balaban J connectivity index is 1.46. The molecule has 3 heterocycles. The third kappa shape index (κ3) is 2.32. The molecule has 3 aromatic rings. The SMILES string of the molecule is Cc1ccnc(N2CC(c3nc(-c4ccccc4)no3)C2)n1. The minimum absolute atomic E-state index is 0.245. The van der Waals surface area contributed by atoms with Crippen LogP contribution in [0.25, 0.3) is 11.4 Å². The molecule has 1 saturated heterocycles. The first-order chi connectivity index (χ1) is 10.8. The van der Waals surface area contributed by atoms with Crippen LogP contribution in [-0.4, -0.2) is 33.2 Å². The van der Waals surface area contributed by atoms with E-state index in [0.29, 0.717) is 11.7 Å². The number of aromatic nitrogens is 4. The molecule has 2 aromatic heterocycles. The highest BCUT2D eigenvalue weighted by molar-refractivity contribution is 5.53. The Morgan fingerprint density at radius 3 is 2.68 bits per heavy atom. The summed E-state index contributed by atoms with van der Waals surface area (Å²) < 4.78 is 5.40. The highest BCUT2D eigenvalue weighted by Crippen LogP contribution is 2.29. The Morgan fingerprint density at radius 2 is 1.91 bits per heavy atom. The van der Waals surface area contributed by atoms with Crippen LogP contribution >= 0.6 is 0 Å². The van der Waals surface area contributed by atoms with Gasteiger partial charge < -0.3 is 9.42 Å². The van der Waals surface area contributed by atoms with E-state index in [1.165, 1.54) is 0 Å². The van der Waals surface area contributed by atoms with E-state index in [2.05, 4.69) is 25.0 Å². The molecule has 0 unspecified atom stereocenters. The van der Waals surface area contributed by atoms with Crippen LogP contribution in [0.3, 0.4) is 0 Å². The van der Waals surface area contributed by atoms with Crippen LogP contribution in [0.4, 0.5) is 5.95 Å². The van der Waals surface area contributed by atoms with E-state index in [-0.39, 0.29) is 5.92 Å². The summed E-state index contributed by atoms with van der Waals surface area (Å²) in [6, 6.07) is 11.7. The molecule has 6 nitrogen and oxygen atoms in total. The minimum Gasteiger partial charge on any atom is -0.339 e. The van der Waals surface area contributed by atoms with E-state index in [4.69, 9.17) is 4.52 Å². The molecule has 0 atom stereocenters. The number of hydrogen-bond acceptors (Lipinski definition) is 6. The first-order valence-corrected chi connectivity index (χ1v) is 7.23. The zero-order valence-electron chi connectivity index (χ0n) is 12.2. The molecule has 0 radical (unpaired) electrons. The van der Waals surface area contributed by atoms with Crippen LogP contribution in [0.15, 0.2) is 47.1 Å². The maximum Gasteiger partial charge on any atom is 0.233 e. The Labute approximate surface area is 127 Å². The van der Waals surface area contributed by atoms with Gasteiger partial charge in [-0.05, 0) is 13.0 Å². The van der Waals surface area contributed by atoms with Crippen molar-refractivity contribution < 1.29 is 4.52 Å². The zero-order chi connectivity index (χ0) is 14.9. The van der Waals surface area contributed by atoms with Crippen molar-refractivity contribution in [1.29, 1.82) is 0 Å². The molecule has 0 saturated carbocycles. The van der Waals surface area contributed by atoms with Crippen molar-refractivity contribution in [1.82, 2.24) is 20.1 Å². The number of hydrogen-bond donors (Lipinski definition) is 0. The Kier molecular flexibility index (Phi) is 3.07. The van der Waals surface area contributed by atoms with Gasteiger partial charge in [0, 0.05) is 30.5 Å². The van der Waals surface area contributed by atoms with Gasteiger partial charge in [-0.3, -0.25) is 0 Å². The molecule has 0 spiro atoms. The van der Waals surface area contributed by atoms with Crippen LogP contribution in [0.2, 0.25) is 0 Å². The molecule has 1 fully saturated rings. The van der Waals surface area contributed by atoms with Crippen molar-refractivity contribution in [3.05, 3.63) is 54.2 Å². The highest BCUT2D eigenvalue weighted by atomic mass is 16.5. The summed E-state index contributed by atoms with van der Waals surface area (Å²) in [7, 11) is 0. The maximum atomic E-state index is 5.40. The average Bonchev–Trinajstić information content (AvgIpc) is 2.96. The fourth-order valence-electron chi connectivity index (χ4n) is 2.49. The average molecular weight is 293 g/mol. The van der Waals surface area contributed by atoms with Crippen molar-refractivity contribution >= 4 is 5.95 Å². The van der Waals surface area contributed by atoms with Gasteiger partial charge in [-0.15, -0.1) is 0 Å². The van der Waals surface area contributed by atoms with Gasteiger partial charge in [0.05, 0.1) is 5.92 Å². The summed E-state index contributed by atoms with van der Waals surface area (Å²) in [5, 5.41) is 4.07. The molecular weight excluding hydrogens is 278 g/mol. The molecule has 0 N–H and O–H groups in total. The first-order valence-electron chi connectivity index (χ1n) is 7.23. The molecule has 0 aliphatic carbocycles. The van der Waals surface area contributed by atoms with Crippen LogP contribution in [0, 0.1) is 6.92 Å². The second kappa shape index (κ2) is 5.22. The molecule has 0 bridgehead atoms. The minimum atomic E-state index is 0.245. The normalized spacial score (nSPS) is 14.9. The lowest BCUT2D eigenvalue weighted by Gasteiger charge is -2.36. The van der Waals surface area contributed by atoms with Crippen LogP contribution < -0.4 is 4.90 Å². The molecule has 1 aromatic carbocycles. The van der Waals surface area contributed by atoms with Crippen LogP contribution in [-0.2, 0) is 0 Å². The van der Waals surface area contributed by atoms with E-state index in [0.717, 1.165) is 30.3 Å². The number of nitrogens with zero attached hydrogens (tertiary/aromatic N) is 5. The van der Waals surface area contributed by atoms with E-state index in [1.807, 2.05) is 43.3 Å². The summed E-state index contributed by atoms with van der Waals surface area (Å²) in [6.45, 7) is 3.58. The topological polar surface area (TPSA) is 67.9 Å². The molecule has 4 rings (SSSR count). The summed E-state index contributed by atoms with van der Waals surface area (Å²) in [4.78, 5) is 15.3. The van der Waals surface area contributed by atoms with Crippen LogP contribution in [0.5, 0.6) is 0 Å². The first kappa shape index (κ1) is 12.9. The van der Waals surface area contributed by atoms with Crippen LogP contribution in [0.1, 0.15) is 17.5 Å². The number of anilines is 1. The van der Waals surface area contributed by atoms with Gasteiger partial charge in [0.25, 0.3) is 0 Å². The Hall–Kier alpha value is -2.76. The maximum absolute atomic E-state index is 5.40. The number of aryl methyl sites for hydroxylation is 1. The fourth-order valence-corrected chi connectivity index (χ4v) is 2.49. The molecule has 110 valence electrons. The second-order valence-corrected chi connectivity index (χ2v) is 5.42. The summed E-state index contributed by atoms with van der Waals surface area (Å²) in [5.74, 6) is 2.33. The Morgan fingerprint density at radius 1 is 1.09 bits per heavy atom. The quantitative estimate of drug-likeness (QED) is 0.739. The standard InChI is InChI=1S/C16H15N5O/c1-11-7-8-17-16(18-11)21-9-13(10-21)15-19-14(20-22-15)12-5-3-2-4-6-12/h2-8,13H,9-10H2,1H3. The van der Waals surface area contributed by atoms with Crippen molar-refractivity contribution in [2.45, 2.75) is 12.8 Å². The van der Waals surface area contributed by atoms with Gasteiger partial charge in [-0.2, -0.15) is 4.98 Å². The second-order valence-electron chi connectivity index (χ2n) is 5.42. The molecule has 22 heavy (non-hydrogen) atoms. The smallest absolute Gasteiger partial charge is 0.233 e. The summed E-state index contributed by atoms with van der Waals surface area (Å²) in [5.41, 5.74) is 1.94. The largest absolute Gasteiger partial charge is 0.339 e. The van der Waals surface area contributed by atoms with E-state index >= 15 is 0 Å². The van der Waals surface area contributed by atoms with E-state index < -0.39 is 0 Å².